The van der Waals surface area contributed by atoms with E-state index in [2.05, 4.69) is 12.2 Å². The summed E-state index contributed by atoms with van der Waals surface area (Å²) >= 11 is 0. The van der Waals surface area contributed by atoms with Gasteiger partial charge in [0, 0.05) is 12.8 Å². The van der Waals surface area contributed by atoms with Crippen LogP contribution in [0.4, 0.5) is 0 Å². The zero-order valence-corrected chi connectivity index (χ0v) is 11.8. The summed E-state index contributed by atoms with van der Waals surface area (Å²) in [6, 6.07) is 7.70. The third-order valence-electron chi connectivity index (χ3n) is 2.40. The molecule has 0 saturated carbocycles. The van der Waals surface area contributed by atoms with Crippen molar-refractivity contribution in [2.45, 2.75) is 19.9 Å². The molecule has 102 valence electrons. The van der Waals surface area contributed by atoms with Crippen LogP contribution in [0.1, 0.15) is 18.9 Å². The Hall–Kier alpha value is -1.07. The minimum atomic E-state index is -2.95. The van der Waals surface area contributed by atoms with Gasteiger partial charge in [-0.05, 0) is 30.7 Å². The number of nitrogens with one attached hydrogen (secondary N) is 1. The number of benzene rings is 1. The highest BCUT2D eigenvalue weighted by atomic mass is 32.2. The Morgan fingerprint density at radius 1 is 1.22 bits per heavy atom. The van der Waals surface area contributed by atoms with Gasteiger partial charge in [-0.1, -0.05) is 19.1 Å². The molecule has 1 aromatic rings. The molecule has 1 rings (SSSR count). The molecule has 0 aliphatic heterocycles. The molecule has 1 N–H and O–H groups in total. The van der Waals surface area contributed by atoms with E-state index in [0.29, 0.717) is 5.75 Å². The summed E-state index contributed by atoms with van der Waals surface area (Å²) in [6.45, 7) is 4.18. The van der Waals surface area contributed by atoms with E-state index in [-0.39, 0.29) is 12.4 Å². The fraction of sp³-hybridized carbons (Fsp3) is 0.538. The van der Waals surface area contributed by atoms with Crippen LogP contribution in [0.15, 0.2) is 24.3 Å². The maximum Gasteiger partial charge on any atom is 0.150 e. The highest BCUT2D eigenvalue weighted by Gasteiger charge is 2.02. The predicted molar refractivity (Wildman–Crippen MR) is 73.6 cm³/mol. The SMILES string of the molecule is CCCNCc1ccc(OCCS(C)(=O)=O)cc1. The van der Waals surface area contributed by atoms with Gasteiger partial charge in [-0.2, -0.15) is 0 Å². The number of hydrogen-bond donors (Lipinski definition) is 1. The van der Waals surface area contributed by atoms with Crippen LogP contribution in [0, 0.1) is 0 Å². The minimum absolute atomic E-state index is 0.0484. The second-order valence-electron chi connectivity index (χ2n) is 4.30. The molecule has 0 aliphatic carbocycles. The Bertz CT molecular complexity index is 440. The molecule has 0 amide bonds. The summed E-state index contributed by atoms with van der Waals surface area (Å²) < 4.78 is 27.2. The van der Waals surface area contributed by atoms with Gasteiger partial charge in [0.2, 0.25) is 0 Å². The molecule has 0 saturated heterocycles. The molecule has 4 nitrogen and oxygen atoms in total. The Morgan fingerprint density at radius 3 is 2.44 bits per heavy atom. The monoisotopic (exact) mass is 271 g/mol. The van der Waals surface area contributed by atoms with Crippen molar-refractivity contribution in [2.24, 2.45) is 0 Å². The molecule has 0 aromatic heterocycles. The zero-order valence-electron chi connectivity index (χ0n) is 11.0. The summed E-state index contributed by atoms with van der Waals surface area (Å²) in [5.41, 5.74) is 1.19. The third kappa shape index (κ3) is 6.61. The quantitative estimate of drug-likeness (QED) is 0.730. The first-order valence-electron chi connectivity index (χ1n) is 6.11. The van der Waals surface area contributed by atoms with Gasteiger partial charge in [-0.3, -0.25) is 0 Å². The highest BCUT2D eigenvalue weighted by Crippen LogP contribution is 2.12. The normalized spacial score (nSPS) is 11.4. The second kappa shape index (κ2) is 7.38. The van der Waals surface area contributed by atoms with Crippen LogP contribution in [0.5, 0.6) is 5.75 Å². The smallest absolute Gasteiger partial charge is 0.150 e. The largest absolute Gasteiger partial charge is 0.493 e. The van der Waals surface area contributed by atoms with Crippen LogP contribution in [-0.2, 0) is 16.4 Å². The van der Waals surface area contributed by atoms with Crippen molar-refractivity contribution in [2.75, 3.05) is 25.2 Å². The number of hydrogen-bond acceptors (Lipinski definition) is 4. The van der Waals surface area contributed by atoms with E-state index in [0.717, 1.165) is 19.5 Å². The first-order chi connectivity index (χ1) is 8.51. The van der Waals surface area contributed by atoms with Gasteiger partial charge in [0.05, 0.1) is 5.75 Å². The van der Waals surface area contributed by atoms with E-state index in [1.807, 2.05) is 24.3 Å². The van der Waals surface area contributed by atoms with Gasteiger partial charge in [-0.25, -0.2) is 8.42 Å². The second-order valence-corrected chi connectivity index (χ2v) is 6.56. The molecule has 0 bridgehead atoms. The average molecular weight is 271 g/mol. The van der Waals surface area contributed by atoms with Crippen molar-refractivity contribution in [3.63, 3.8) is 0 Å². The maximum atomic E-state index is 10.9. The molecule has 0 spiro atoms. The Labute approximate surface area is 109 Å². The van der Waals surface area contributed by atoms with Gasteiger partial charge >= 0.3 is 0 Å². The molecular weight excluding hydrogens is 250 g/mol. The molecule has 5 heteroatoms. The van der Waals surface area contributed by atoms with Crippen LogP contribution < -0.4 is 10.1 Å². The van der Waals surface area contributed by atoms with E-state index >= 15 is 0 Å². The van der Waals surface area contributed by atoms with Crippen molar-refractivity contribution >= 4 is 9.84 Å². The lowest BCUT2D eigenvalue weighted by Crippen LogP contribution is -2.14. The van der Waals surface area contributed by atoms with Gasteiger partial charge in [0.1, 0.15) is 12.4 Å². The minimum Gasteiger partial charge on any atom is -0.493 e. The molecule has 0 fully saturated rings. The van der Waals surface area contributed by atoms with Crippen molar-refractivity contribution in [3.05, 3.63) is 29.8 Å². The van der Waals surface area contributed by atoms with E-state index in [1.54, 1.807) is 0 Å². The van der Waals surface area contributed by atoms with Crippen LogP contribution in [0.3, 0.4) is 0 Å². The van der Waals surface area contributed by atoms with E-state index < -0.39 is 9.84 Å². The fourth-order valence-electron chi connectivity index (χ4n) is 1.42. The van der Waals surface area contributed by atoms with Gasteiger partial charge in [0.15, 0.2) is 9.84 Å². The zero-order chi connectivity index (χ0) is 13.4. The Morgan fingerprint density at radius 2 is 1.89 bits per heavy atom. The summed E-state index contributed by atoms with van der Waals surface area (Å²) in [6.07, 6.45) is 2.32. The molecule has 18 heavy (non-hydrogen) atoms. The first kappa shape index (κ1) is 15.0. The molecule has 0 aliphatic rings. The highest BCUT2D eigenvalue weighted by molar-refractivity contribution is 7.90. The van der Waals surface area contributed by atoms with Crippen LogP contribution in [-0.4, -0.2) is 33.6 Å². The maximum absolute atomic E-state index is 10.9. The van der Waals surface area contributed by atoms with Crippen LogP contribution in [0.2, 0.25) is 0 Å². The number of rotatable bonds is 8. The number of ether oxygens (including phenoxy) is 1. The van der Waals surface area contributed by atoms with E-state index in [4.69, 9.17) is 4.74 Å². The van der Waals surface area contributed by atoms with Crippen molar-refractivity contribution < 1.29 is 13.2 Å². The molecule has 0 atom stereocenters. The summed E-state index contributed by atoms with van der Waals surface area (Å²) in [7, 11) is -2.95. The number of sulfone groups is 1. The van der Waals surface area contributed by atoms with Gasteiger partial charge in [0.25, 0.3) is 0 Å². The predicted octanol–water partition coefficient (Wildman–Crippen LogP) is 1.61. The molecule has 0 heterocycles. The molecule has 1 aromatic carbocycles. The molecular formula is C13H21NO3S. The summed E-state index contributed by atoms with van der Waals surface area (Å²) in [4.78, 5) is 0. The molecule has 0 unspecified atom stereocenters. The topological polar surface area (TPSA) is 55.4 Å². The van der Waals surface area contributed by atoms with Gasteiger partial charge in [-0.15, -0.1) is 0 Å². The standard InChI is InChI=1S/C13H21NO3S/c1-3-8-14-11-12-4-6-13(7-5-12)17-9-10-18(2,15)16/h4-7,14H,3,8-11H2,1-2H3. The first-order valence-corrected chi connectivity index (χ1v) is 8.17. The van der Waals surface area contributed by atoms with Gasteiger partial charge < -0.3 is 10.1 Å². The van der Waals surface area contributed by atoms with E-state index in [9.17, 15) is 8.42 Å². The summed E-state index contributed by atoms with van der Waals surface area (Å²) in [5.74, 6) is 0.755. The van der Waals surface area contributed by atoms with Crippen molar-refractivity contribution in [1.82, 2.24) is 5.32 Å². The Balaban J connectivity index is 2.36. The fourth-order valence-corrected chi connectivity index (χ4v) is 1.81. The molecule has 0 radical (unpaired) electrons. The van der Waals surface area contributed by atoms with Crippen LogP contribution >= 0.6 is 0 Å². The van der Waals surface area contributed by atoms with E-state index in [1.165, 1.54) is 11.8 Å². The van der Waals surface area contributed by atoms with Crippen LogP contribution in [0.25, 0.3) is 0 Å². The van der Waals surface area contributed by atoms with Crippen molar-refractivity contribution in [1.29, 1.82) is 0 Å². The lowest BCUT2D eigenvalue weighted by atomic mass is 10.2. The lowest BCUT2D eigenvalue weighted by Gasteiger charge is -2.07. The lowest BCUT2D eigenvalue weighted by molar-refractivity contribution is 0.341. The average Bonchev–Trinajstić information content (AvgIpc) is 2.30. The van der Waals surface area contributed by atoms with Crippen molar-refractivity contribution in [3.8, 4) is 5.75 Å². The Kier molecular flexibility index (Phi) is 6.15. The summed E-state index contributed by atoms with van der Waals surface area (Å²) in [5, 5.41) is 3.31. The third-order valence-corrected chi connectivity index (χ3v) is 3.31.